The van der Waals surface area contributed by atoms with Crippen LogP contribution in [0, 0.1) is 0 Å². The van der Waals surface area contributed by atoms with Crippen molar-refractivity contribution < 1.29 is 19.1 Å². The molecule has 144 valence electrons. The largest absolute Gasteiger partial charge is 0.497 e. The molecule has 3 amide bonds. The Balaban J connectivity index is 1.90. The fraction of sp³-hybridized carbons (Fsp3) is 0.158. The molecule has 2 aromatic carbocycles. The maximum atomic E-state index is 12.9. The third kappa shape index (κ3) is 3.79. The first kappa shape index (κ1) is 19.3. The van der Waals surface area contributed by atoms with E-state index in [0.29, 0.717) is 17.0 Å². The van der Waals surface area contributed by atoms with Crippen LogP contribution in [0.3, 0.4) is 0 Å². The second-order valence-electron chi connectivity index (χ2n) is 6.02. The van der Waals surface area contributed by atoms with Gasteiger partial charge in [0.15, 0.2) is 0 Å². The second-order valence-corrected chi connectivity index (χ2v) is 6.39. The lowest BCUT2D eigenvalue weighted by Gasteiger charge is -2.24. The number of benzene rings is 2. The van der Waals surface area contributed by atoms with Crippen LogP contribution in [0.2, 0.25) is 0 Å². The van der Waals surface area contributed by atoms with Crippen molar-refractivity contribution in [1.82, 2.24) is 10.4 Å². The summed E-state index contributed by atoms with van der Waals surface area (Å²) in [5.74, 6) is -1.12. The second kappa shape index (κ2) is 8.05. The van der Waals surface area contributed by atoms with Crippen molar-refractivity contribution in [3.8, 4) is 5.75 Å². The number of hydrogen-bond donors (Lipinski definition) is 2. The van der Waals surface area contributed by atoms with Crippen molar-refractivity contribution >= 4 is 40.7 Å². The maximum absolute atomic E-state index is 12.9. The molecule has 1 atom stereocenters. The summed E-state index contributed by atoms with van der Waals surface area (Å²) in [7, 11) is 1.49. The number of amides is 3. The normalized spacial score (nSPS) is 16.2. The third-order valence-corrected chi connectivity index (χ3v) is 4.56. The van der Waals surface area contributed by atoms with E-state index in [4.69, 9.17) is 22.7 Å². The molecule has 3 N–H and O–H groups in total. The molecule has 0 aliphatic carbocycles. The molecule has 9 heteroatoms. The number of carbonyl (C=O) groups is 3. The summed E-state index contributed by atoms with van der Waals surface area (Å²) in [6.07, 6.45) is -0.291. The van der Waals surface area contributed by atoms with Crippen LogP contribution >= 0.6 is 12.2 Å². The molecule has 0 spiro atoms. The minimum absolute atomic E-state index is 0.0543. The van der Waals surface area contributed by atoms with Gasteiger partial charge in [-0.2, -0.15) is 0 Å². The molecule has 0 saturated carbocycles. The number of hydrazine groups is 1. The smallest absolute Gasteiger partial charge is 0.270 e. The lowest BCUT2D eigenvalue weighted by molar-refractivity contribution is -0.125. The van der Waals surface area contributed by atoms with Crippen LogP contribution in [0.25, 0.3) is 0 Å². The average molecular weight is 398 g/mol. The molecule has 2 aromatic rings. The fourth-order valence-corrected chi connectivity index (χ4v) is 3.21. The van der Waals surface area contributed by atoms with Gasteiger partial charge in [0.25, 0.3) is 11.8 Å². The van der Waals surface area contributed by atoms with Gasteiger partial charge >= 0.3 is 0 Å². The van der Waals surface area contributed by atoms with Crippen LogP contribution in [0.5, 0.6) is 5.75 Å². The Kier molecular flexibility index (Phi) is 5.55. The van der Waals surface area contributed by atoms with E-state index in [1.807, 2.05) is 0 Å². The molecule has 8 nitrogen and oxygen atoms in total. The number of carbonyl (C=O) groups excluding carboxylic acids is 3. The molecular weight excluding hydrogens is 380 g/mol. The SMILES string of the molecule is COc1cccc(C(=O)NN2C(=S)N(c3ccccc3)C(=O)C2CC(N)=O)c1. The number of nitrogens with two attached hydrogens (primary N) is 1. The fourth-order valence-electron chi connectivity index (χ4n) is 2.84. The summed E-state index contributed by atoms with van der Waals surface area (Å²) in [5, 5.41) is 1.26. The van der Waals surface area contributed by atoms with Crippen molar-refractivity contribution in [3.05, 3.63) is 60.2 Å². The van der Waals surface area contributed by atoms with E-state index in [9.17, 15) is 14.4 Å². The van der Waals surface area contributed by atoms with Gasteiger partial charge in [-0.1, -0.05) is 24.3 Å². The summed E-state index contributed by atoms with van der Waals surface area (Å²) >= 11 is 5.41. The molecule has 1 aliphatic heterocycles. The summed E-state index contributed by atoms with van der Waals surface area (Å²) < 4.78 is 5.12. The van der Waals surface area contributed by atoms with E-state index < -0.39 is 23.8 Å². The van der Waals surface area contributed by atoms with Gasteiger partial charge in [-0.15, -0.1) is 0 Å². The minimum Gasteiger partial charge on any atom is -0.497 e. The number of nitrogens with one attached hydrogen (secondary N) is 1. The molecule has 3 rings (SSSR count). The van der Waals surface area contributed by atoms with E-state index in [2.05, 4.69) is 5.43 Å². The molecule has 1 heterocycles. The van der Waals surface area contributed by atoms with E-state index in [1.54, 1.807) is 54.6 Å². The van der Waals surface area contributed by atoms with E-state index >= 15 is 0 Å². The molecule has 28 heavy (non-hydrogen) atoms. The molecule has 1 saturated heterocycles. The van der Waals surface area contributed by atoms with Crippen LogP contribution in [-0.4, -0.2) is 41.0 Å². The van der Waals surface area contributed by atoms with Crippen molar-refractivity contribution in [2.75, 3.05) is 12.0 Å². The van der Waals surface area contributed by atoms with Crippen molar-refractivity contribution in [3.63, 3.8) is 0 Å². The van der Waals surface area contributed by atoms with E-state index in [1.165, 1.54) is 17.0 Å². The number of anilines is 1. The average Bonchev–Trinajstić information content (AvgIpc) is 2.92. The minimum atomic E-state index is -1.03. The summed E-state index contributed by atoms with van der Waals surface area (Å²) in [5.41, 5.74) is 8.75. The monoisotopic (exact) mass is 398 g/mol. The summed E-state index contributed by atoms with van der Waals surface area (Å²) in [4.78, 5) is 38.3. The van der Waals surface area contributed by atoms with Gasteiger partial charge in [0.1, 0.15) is 11.8 Å². The molecule has 0 radical (unpaired) electrons. The topological polar surface area (TPSA) is 105 Å². The molecule has 1 unspecified atom stereocenters. The van der Waals surface area contributed by atoms with Crippen LogP contribution in [0.15, 0.2) is 54.6 Å². The highest BCUT2D eigenvalue weighted by Gasteiger charge is 2.45. The predicted octanol–water partition coefficient (Wildman–Crippen LogP) is 1.22. The molecule has 0 aromatic heterocycles. The highest BCUT2D eigenvalue weighted by Crippen LogP contribution is 2.26. The summed E-state index contributed by atoms with van der Waals surface area (Å²) in [6, 6.07) is 14.2. The van der Waals surface area contributed by atoms with Crippen LogP contribution in [0.4, 0.5) is 5.69 Å². The predicted molar refractivity (Wildman–Crippen MR) is 106 cm³/mol. The Bertz CT molecular complexity index is 935. The van der Waals surface area contributed by atoms with Gasteiger partial charge in [0, 0.05) is 5.56 Å². The number of ether oxygens (including phenoxy) is 1. The first-order chi connectivity index (χ1) is 13.4. The quantitative estimate of drug-likeness (QED) is 0.709. The number of methoxy groups -OCH3 is 1. The summed E-state index contributed by atoms with van der Waals surface area (Å²) in [6.45, 7) is 0. The van der Waals surface area contributed by atoms with Gasteiger partial charge < -0.3 is 10.5 Å². The maximum Gasteiger partial charge on any atom is 0.270 e. The number of nitrogens with zero attached hydrogens (tertiary/aromatic N) is 2. The Labute approximate surface area is 166 Å². The lowest BCUT2D eigenvalue weighted by Crippen LogP contribution is -2.49. The van der Waals surface area contributed by atoms with Gasteiger partial charge in [0.05, 0.1) is 19.2 Å². The number of primary amides is 1. The first-order valence-corrected chi connectivity index (χ1v) is 8.78. The highest BCUT2D eigenvalue weighted by atomic mass is 32.1. The zero-order valence-electron chi connectivity index (χ0n) is 15.0. The number of hydrogen-bond acceptors (Lipinski definition) is 5. The molecule has 1 fully saturated rings. The van der Waals surface area contributed by atoms with Gasteiger partial charge in [-0.25, -0.2) is 5.01 Å². The Morgan fingerprint density at radius 3 is 2.54 bits per heavy atom. The van der Waals surface area contributed by atoms with Gasteiger partial charge in [0.2, 0.25) is 11.0 Å². The van der Waals surface area contributed by atoms with E-state index in [-0.39, 0.29) is 11.5 Å². The van der Waals surface area contributed by atoms with E-state index in [0.717, 1.165) is 0 Å². The Morgan fingerprint density at radius 1 is 1.18 bits per heavy atom. The van der Waals surface area contributed by atoms with Crippen LogP contribution in [0.1, 0.15) is 16.8 Å². The highest BCUT2D eigenvalue weighted by molar-refractivity contribution is 7.80. The lowest BCUT2D eigenvalue weighted by atomic mass is 10.2. The molecule has 0 bridgehead atoms. The zero-order valence-corrected chi connectivity index (χ0v) is 15.8. The zero-order chi connectivity index (χ0) is 20.3. The van der Waals surface area contributed by atoms with Gasteiger partial charge in [-0.05, 0) is 42.5 Å². The van der Waals surface area contributed by atoms with Crippen molar-refractivity contribution in [2.45, 2.75) is 12.5 Å². The molecule has 1 aliphatic rings. The Morgan fingerprint density at radius 2 is 1.89 bits per heavy atom. The van der Waals surface area contributed by atoms with Crippen LogP contribution < -0.4 is 20.8 Å². The third-order valence-electron chi connectivity index (χ3n) is 4.18. The number of rotatable bonds is 6. The number of para-hydroxylation sites is 1. The van der Waals surface area contributed by atoms with Gasteiger partial charge in [-0.3, -0.25) is 24.7 Å². The first-order valence-electron chi connectivity index (χ1n) is 8.38. The molecular formula is C19H18N4O4S. The van der Waals surface area contributed by atoms with Crippen molar-refractivity contribution in [2.24, 2.45) is 5.73 Å². The standard InChI is InChI=1S/C19H18N4O4S/c1-27-14-9-5-6-12(10-14)17(25)21-23-15(11-16(20)24)18(26)22(19(23)28)13-7-3-2-4-8-13/h2-10,15H,11H2,1H3,(H2,20,24)(H,21,25). The Hall–Kier alpha value is -3.46. The van der Waals surface area contributed by atoms with Crippen molar-refractivity contribution in [1.29, 1.82) is 0 Å². The van der Waals surface area contributed by atoms with Crippen LogP contribution in [-0.2, 0) is 9.59 Å². The number of thiocarbonyl (C=S) groups is 1.